The van der Waals surface area contributed by atoms with E-state index in [0.717, 1.165) is 0 Å². The number of anilines is 1. The van der Waals surface area contributed by atoms with Gasteiger partial charge in [0.2, 0.25) is 0 Å². The molecule has 0 atom stereocenters. The van der Waals surface area contributed by atoms with Crippen molar-refractivity contribution in [3.05, 3.63) is 51.1 Å². The number of alkyl halides is 3. The number of benzene rings is 1. The van der Waals surface area contributed by atoms with Crippen molar-refractivity contribution in [2.24, 2.45) is 0 Å². The van der Waals surface area contributed by atoms with Gasteiger partial charge in [-0.2, -0.15) is 13.2 Å². The summed E-state index contributed by atoms with van der Waals surface area (Å²) in [5.41, 5.74) is -1.02. The minimum atomic E-state index is -4.58. The second-order valence-electron chi connectivity index (χ2n) is 4.46. The summed E-state index contributed by atoms with van der Waals surface area (Å²) in [4.78, 5) is 15.3. The number of nitrogens with one attached hydrogen (secondary N) is 1. The predicted octanol–water partition coefficient (Wildman–Crippen LogP) is 5.08. The smallest absolute Gasteiger partial charge is 0.417 e. The maximum atomic E-state index is 12.5. The lowest BCUT2D eigenvalue weighted by Gasteiger charge is -2.11. The maximum Gasteiger partial charge on any atom is 0.417 e. The van der Waals surface area contributed by atoms with Crippen molar-refractivity contribution in [2.45, 2.75) is 6.18 Å². The Bertz CT molecular complexity index is 769. The maximum absolute atomic E-state index is 12.5. The van der Waals surface area contributed by atoms with Crippen molar-refractivity contribution in [1.29, 1.82) is 0 Å². The normalized spacial score (nSPS) is 11.2. The van der Waals surface area contributed by atoms with Crippen molar-refractivity contribution in [3.8, 4) is 5.75 Å². The molecule has 2 rings (SSSR count). The minimum absolute atomic E-state index is 0.208. The molecular weight excluding hydrogens is 392 g/mol. The number of halogens is 6. The van der Waals surface area contributed by atoms with Gasteiger partial charge in [-0.3, -0.25) is 4.79 Å². The van der Waals surface area contributed by atoms with Gasteiger partial charge in [-0.05, 0) is 24.3 Å². The SMILES string of the molecule is O=C(COc1ccc(Cl)cc1Cl)Nc1ncc(C(F)(F)F)cc1Cl. The molecule has 0 unspecified atom stereocenters. The third-order valence-corrected chi connectivity index (χ3v) is 3.50. The summed E-state index contributed by atoms with van der Waals surface area (Å²) >= 11 is 17.3. The van der Waals surface area contributed by atoms with Gasteiger partial charge in [0.1, 0.15) is 5.75 Å². The second kappa shape index (κ2) is 7.46. The number of hydrogen-bond donors (Lipinski definition) is 1. The number of carbonyl (C=O) groups is 1. The number of aromatic nitrogens is 1. The number of amides is 1. The third-order valence-electron chi connectivity index (χ3n) is 2.68. The highest BCUT2D eigenvalue weighted by Gasteiger charge is 2.31. The average Bonchev–Trinajstić information content (AvgIpc) is 2.47. The number of nitrogens with zero attached hydrogens (tertiary/aromatic N) is 1. The van der Waals surface area contributed by atoms with Crippen LogP contribution in [0.1, 0.15) is 5.56 Å². The van der Waals surface area contributed by atoms with Crippen molar-refractivity contribution in [2.75, 3.05) is 11.9 Å². The molecule has 0 aliphatic rings. The fraction of sp³-hybridized carbons (Fsp3) is 0.143. The molecule has 0 fully saturated rings. The van der Waals surface area contributed by atoms with Crippen LogP contribution in [0.15, 0.2) is 30.5 Å². The molecule has 0 aliphatic carbocycles. The van der Waals surface area contributed by atoms with E-state index >= 15 is 0 Å². The molecule has 1 heterocycles. The van der Waals surface area contributed by atoms with Crippen LogP contribution in [0.25, 0.3) is 0 Å². The molecule has 1 aromatic carbocycles. The van der Waals surface area contributed by atoms with Gasteiger partial charge in [-0.1, -0.05) is 34.8 Å². The molecular formula is C14H8Cl3F3N2O2. The number of ether oxygens (including phenoxy) is 1. The van der Waals surface area contributed by atoms with Crippen LogP contribution in [0.2, 0.25) is 15.1 Å². The van der Waals surface area contributed by atoms with Gasteiger partial charge in [0, 0.05) is 11.2 Å². The van der Waals surface area contributed by atoms with Crippen molar-refractivity contribution in [3.63, 3.8) is 0 Å². The van der Waals surface area contributed by atoms with Crippen LogP contribution >= 0.6 is 34.8 Å². The lowest BCUT2D eigenvalue weighted by atomic mass is 10.3. The summed E-state index contributed by atoms with van der Waals surface area (Å²) in [6.45, 7) is -0.444. The van der Waals surface area contributed by atoms with E-state index < -0.39 is 24.3 Å². The molecule has 0 radical (unpaired) electrons. The lowest BCUT2D eigenvalue weighted by molar-refractivity contribution is -0.137. The van der Waals surface area contributed by atoms with Crippen LogP contribution in [0, 0.1) is 0 Å². The van der Waals surface area contributed by atoms with Crippen molar-refractivity contribution in [1.82, 2.24) is 4.98 Å². The number of carbonyl (C=O) groups excluding carboxylic acids is 1. The molecule has 4 nitrogen and oxygen atoms in total. The zero-order chi connectivity index (χ0) is 17.9. The highest BCUT2D eigenvalue weighted by atomic mass is 35.5. The van der Waals surface area contributed by atoms with Crippen LogP contribution in [0.5, 0.6) is 5.75 Å². The molecule has 1 N–H and O–H groups in total. The van der Waals surface area contributed by atoms with Gasteiger partial charge in [0.05, 0.1) is 15.6 Å². The van der Waals surface area contributed by atoms with E-state index in [4.69, 9.17) is 39.5 Å². The number of rotatable bonds is 4. The number of pyridine rings is 1. The molecule has 1 amide bonds. The standard InChI is InChI=1S/C14H8Cl3F3N2O2/c15-8-1-2-11(9(16)4-8)24-6-12(23)22-13-10(17)3-7(5-21-13)14(18,19)20/h1-5H,6H2,(H,21,22,23). The first-order chi connectivity index (χ1) is 11.2. The Balaban J connectivity index is 2.00. The zero-order valence-electron chi connectivity index (χ0n) is 11.6. The average molecular weight is 400 g/mol. The van der Waals surface area contributed by atoms with Crippen LogP contribution in [0.3, 0.4) is 0 Å². The topological polar surface area (TPSA) is 51.2 Å². The Morgan fingerprint density at radius 1 is 1.17 bits per heavy atom. The molecule has 0 saturated carbocycles. The fourth-order valence-electron chi connectivity index (χ4n) is 1.59. The Labute approximate surface area is 149 Å². The highest BCUT2D eigenvalue weighted by Crippen LogP contribution is 2.32. The van der Waals surface area contributed by atoms with Gasteiger partial charge in [0.25, 0.3) is 5.91 Å². The van der Waals surface area contributed by atoms with E-state index in [9.17, 15) is 18.0 Å². The highest BCUT2D eigenvalue weighted by molar-refractivity contribution is 6.35. The Morgan fingerprint density at radius 2 is 1.88 bits per heavy atom. The molecule has 1 aromatic heterocycles. The Morgan fingerprint density at radius 3 is 2.46 bits per heavy atom. The van der Waals surface area contributed by atoms with E-state index in [1.54, 1.807) is 0 Å². The molecule has 0 spiro atoms. The summed E-state index contributed by atoms with van der Waals surface area (Å²) < 4.78 is 42.7. The molecule has 10 heteroatoms. The summed E-state index contributed by atoms with van der Waals surface area (Å²) in [5, 5.41) is 2.51. The molecule has 2 aromatic rings. The monoisotopic (exact) mass is 398 g/mol. The van der Waals surface area contributed by atoms with Crippen LogP contribution in [-0.2, 0) is 11.0 Å². The largest absolute Gasteiger partial charge is 0.482 e. The zero-order valence-corrected chi connectivity index (χ0v) is 13.9. The molecule has 0 aliphatic heterocycles. The second-order valence-corrected chi connectivity index (χ2v) is 5.71. The first kappa shape index (κ1) is 18.6. The van der Waals surface area contributed by atoms with E-state index in [2.05, 4.69) is 10.3 Å². The summed E-state index contributed by atoms with van der Waals surface area (Å²) in [7, 11) is 0. The summed E-state index contributed by atoms with van der Waals surface area (Å²) in [6, 6.07) is 5.10. The van der Waals surface area contributed by atoms with Crippen LogP contribution in [0.4, 0.5) is 19.0 Å². The summed E-state index contributed by atoms with van der Waals surface area (Å²) in [5.74, 6) is -0.654. The van der Waals surface area contributed by atoms with Gasteiger partial charge in [-0.15, -0.1) is 0 Å². The van der Waals surface area contributed by atoms with Gasteiger partial charge < -0.3 is 10.1 Å². The van der Waals surface area contributed by atoms with Crippen molar-refractivity contribution >= 4 is 46.5 Å². The Kier molecular flexibility index (Phi) is 5.79. The number of hydrogen-bond acceptors (Lipinski definition) is 3. The van der Waals surface area contributed by atoms with Crippen LogP contribution < -0.4 is 10.1 Å². The minimum Gasteiger partial charge on any atom is -0.482 e. The van der Waals surface area contributed by atoms with Gasteiger partial charge >= 0.3 is 6.18 Å². The quantitative estimate of drug-likeness (QED) is 0.780. The summed E-state index contributed by atoms with van der Waals surface area (Å²) in [6.07, 6.45) is -4.01. The van der Waals surface area contributed by atoms with Gasteiger partial charge in [-0.25, -0.2) is 4.98 Å². The van der Waals surface area contributed by atoms with E-state index in [0.29, 0.717) is 17.3 Å². The third kappa shape index (κ3) is 4.90. The van der Waals surface area contributed by atoms with Crippen molar-refractivity contribution < 1.29 is 22.7 Å². The Hall–Kier alpha value is -1.70. The van der Waals surface area contributed by atoms with E-state index in [1.807, 2.05) is 0 Å². The molecule has 0 saturated heterocycles. The van der Waals surface area contributed by atoms with E-state index in [1.165, 1.54) is 18.2 Å². The fourth-order valence-corrected chi connectivity index (χ4v) is 2.27. The van der Waals surface area contributed by atoms with E-state index in [-0.39, 0.29) is 21.6 Å². The lowest BCUT2D eigenvalue weighted by Crippen LogP contribution is -2.21. The van der Waals surface area contributed by atoms with Crippen LogP contribution in [-0.4, -0.2) is 17.5 Å². The molecule has 24 heavy (non-hydrogen) atoms. The molecule has 0 bridgehead atoms. The first-order valence-electron chi connectivity index (χ1n) is 6.27. The first-order valence-corrected chi connectivity index (χ1v) is 7.40. The predicted molar refractivity (Wildman–Crippen MR) is 84.8 cm³/mol. The van der Waals surface area contributed by atoms with Gasteiger partial charge in [0.15, 0.2) is 12.4 Å². The molecule has 128 valence electrons.